The Morgan fingerprint density at radius 2 is 1.89 bits per heavy atom. The summed E-state index contributed by atoms with van der Waals surface area (Å²) in [6.07, 6.45) is 1.45. The molecule has 0 amide bonds. The van der Waals surface area contributed by atoms with E-state index in [-0.39, 0.29) is 18.5 Å². The van der Waals surface area contributed by atoms with Gasteiger partial charge in [0, 0.05) is 23.7 Å². The van der Waals surface area contributed by atoms with Crippen LogP contribution in [0.25, 0.3) is 32.9 Å². The van der Waals surface area contributed by atoms with Crippen molar-refractivity contribution in [2.75, 3.05) is 0 Å². The number of nitrogens with zero attached hydrogens (tertiary/aromatic N) is 3. The molecule has 3 aromatic heterocycles. The number of fused-ring (bicyclic) bond motifs is 1. The molecule has 1 N–H and O–H groups in total. The second-order valence-electron chi connectivity index (χ2n) is 5.95. The Balaban J connectivity index is 1.98. The van der Waals surface area contributed by atoms with Crippen molar-refractivity contribution < 1.29 is 9.90 Å². The Hall–Kier alpha value is -3.32. The molecule has 0 aliphatic heterocycles. The first-order chi connectivity index (χ1) is 13.1. The summed E-state index contributed by atoms with van der Waals surface area (Å²) in [5, 5.41) is 11.5. The van der Waals surface area contributed by atoms with E-state index in [2.05, 4.69) is 9.97 Å². The summed E-state index contributed by atoms with van der Waals surface area (Å²) >= 11 is 1.40. The maximum atomic E-state index is 13.3. The number of carboxylic acids is 1. The van der Waals surface area contributed by atoms with Crippen molar-refractivity contribution in [1.29, 1.82) is 0 Å². The zero-order valence-electron chi connectivity index (χ0n) is 14.2. The van der Waals surface area contributed by atoms with Gasteiger partial charge in [-0.05, 0) is 17.7 Å². The highest BCUT2D eigenvalue weighted by Gasteiger charge is 2.19. The zero-order valence-corrected chi connectivity index (χ0v) is 15.0. The molecule has 4 aromatic rings. The van der Waals surface area contributed by atoms with E-state index in [0.717, 1.165) is 11.1 Å². The van der Waals surface area contributed by atoms with Crippen LogP contribution >= 0.6 is 11.3 Å². The number of hydrogen-bond donors (Lipinski definition) is 1. The Bertz CT molecular complexity index is 1170. The second kappa shape index (κ2) is 7.13. The number of hydrogen-bond acceptors (Lipinski definition) is 5. The van der Waals surface area contributed by atoms with Gasteiger partial charge < -0.3 is 5.11 Å². The molecule has 0 aliphatic rings. The Morgan fingerprint density at radius 1 is 1.11 bits per heavy atom. The van der Waals surface area contributed by atoms with Crippen molar-refractivity contribution in [1.82, 2.24) is 14.5 Å². The Kier molecular flexibility index (Phi) is 4.52. The quantitative estimate of drug-likeness (QED) is 0.574. The van der Waals surface area contributed by atoms with Gasteiger partial charge in [-0.15, -0.1) is 11.3 Å². The van der Waals surface area contributed by atoms with Gasteiger partial charge in [-0.2, -0.15) is 0 Å². The van der Waals surface area contributed by atoms with E-state index in [4.69, 9.17) is 5.11 Å². The monoisotopic (exact) mass is 377 g/mol. The predicted molar refractivity (Wildman–Crippen MR) is 105 cm³/mol. The van der Waals surface area contributed by atoms with Gasteiger partial charge in [-0.25, -0.2) is 4.98 Å². The number of thiophene rings is 1. The number of benzene rings is 1. The lowest BCUT2D eigenvalue weighted by Gasteiger charge is -2.11. The van der Waals surface area contributed by atoms with E-state index in [1.807, 2.05) is 41.8 Å². The molecule has 27 heavy (non-hydrogen) atoms. The van der Waals surface area contributed by atoms with Crippen LogP contribution in [0, 0.1) is 0 Å². The van der Waals surface area contributed by atoms with Gasteiger partial charge in [0.1, 0.15) is 10.5 Å². The lowest BCUT2D eigenvalue weighted by Crippen LogP contribution is -2.24. The van der Waals surface area contributed by atoms with Crippen LogP contribution < -0.4 is 5.56 Å². The number of carboxylic acid groups (broad SMARTS) is 1. The summed E-state index contributed by atoms with van der Waals surface area (Å²) in [6.45, 7) is 0.0348. The van der Waals surface area contributed by atoms with Gasteiger partial charge in [-0.1, -0.05) is 36.4 Å². The van der Waals surface area contributed by atoms with Crippen LogP contribution in [-0.2, 0) is 11.3 Å². The van der Waals surface area contributed by atoms with Gasteiger partial charge in [0.15, 0.2) is 5.82 Å². The van der Waals surface area contributed by atoms with E-state index in [0.29, 0.717) is 21.7 Å². The Morgan fingerprint density at radius 3 is 2.59 bits per heavy atom. The lowest BCUT2D eigenvalue weighted by molar-refractivity contribution is -0.137. The van der Waals surface area contributed by atoms with Gasteiger partial charge in [-0.3, -0.25) is 19.1 Å². The van der Waals surface area contributed by atoms with Crippen molar-refractivity contribution in [3.05, 3.63) is 70.5 Å². The molecule has 0 aliphatic carbocycles. The molecule has 7 heteroatoms. The van der Waals surface area contributed by atoms with Crippen LogP contribution in [0.15, 0.2) is 64.9 Å². The normalized spacial score (nSPS) is 11.0. The molecule has 0 fully saturated rings. The molecule has 0 saturated heterocycles. The summed E-state index contributed by atoms with van der Waals surface area (Å²) in [4.78, 5) is 33.9. The molecule has 134 valence electrons. The third kappa shape index (κ3) is 3.24. The molecular formula is C20H15N3O3S. The number of aliphatic carboxylic acids is 1. The highest BCUT2D eigenvalue weighted by atomic mass is 32.1. The van der Waals surface area contributed by atoms with Gasteiger partial charge in [0.2, 0.25) is 0 Å². The minimum absolute atomic E-state index is 0.0348. The summed E-state index contributed by atoms with van der Waals surface area (Å²) in [7, 11) is 0. The van der Waals surface area contributed by atoms with Crippen molar-refractivity contribution in [3.63, 3.8) is 0 Å². The van der Waals surface area contributed by atoms with E-state index in [9.17, 15) is 9.59 Å². The SMILES string of the molecule is O=C(O)CCn1c(-c2ccccn2)nc2scc(-c3ccccc3)c2c1=O. The first kappa shape index (κ1) is 17.1. The zero-order chi connectivity index (χ0) is 18.8. The first-order valence-electron chi connectivity index (χ1n) is 8.36. The molecule has 0 radical (unpaired) electrons. The molecule has 6 nitrogen and oxygen atoms in total. The average Bonchev–Trinajstić information content (AvgIpc) is 3.12. The maximum absolute atomic E-state index is 13.3. The third-order valence-electron chi connectivity index (χ3n) is 4.22. The molecule has 3 heterocycles. The van der Waals surface area contributed by atoms with Crippen LogP contribution in [0.4, 0.5) is 0 Å². The summed E-state index contributed by atoms with van der Waals surface area (Å²) in [5.74, 6) is -0.585. The number of pyridine rings is 1. The molecule has 0 saturated carbocycles. The number of rotatable bonds is 5. The molecule has 0 bridgehead atoms. The van der Waals surface area contributed by atoms with E-state index < -0.39 is 5.97 Å². The van der Waals surface area contributed by atoms with Crippen molar-refractivity contribution in [2.45, 2.75) is 13.0 Å². The lowest BCUT2D eigenvalue weighted by atomic mass is 10.1. The van der Waals surface area contributed by atoms with Gasteiger partial charge in [0.25, 0.3) is 5.56 Å². The number of aromatic nitrogens is 3. The molecule has 0 atom stereocenters. The van der Waals surface area contributed by atoms with Crippen molar-refractivity contribution in [3.8, 4) is 22.6 Å². The molecule has 0 unspecified atom stereocenters. The molecular weight excluding hydrogens is 362 g/mol. The second-order valence-corrected chi connectivity index (χ2v) is 6.80. The van der Waals surface area contributed by atoms with Crippen LogP contribution in [0.5, 0.6) is 0 Å². The molecule has 4 rings (SSSR count). The fourth-order valence-corrected chi connectivity index (χ4v) is 3.90. The van der Waals surface area contributed by atoms with Crippen LogP contribution in [0.2, 0.25) is 0 Å². The van der Waals surface area contributed by atoms with Crippen molar-refractivity contribution >= 4 is 27.5 Å². The predicted octanol–water partition coefficient (Wildman–Crippen LogP) is 3.66. The topological polar surface area (TPSA) is 85.1 Å². The summed E-state index contributed by atoms with van der Waals surface area (Å²) < 4.78 is 1.41. The Labute approximate surface area is 158 Å². The minimum Gasteiger partial charge on any atom is -0.481 e. The summed E-state index contributed by atoms with van der Waals surface area (Å²) in [5.41, 5.74) is 2.03. The first-order valence-corrected chi connectivity index (χ1v) is 9.24. The molecule has 0 spiro atoms. The minimum atomic E-state index is -0.970. The van der Waals surface area contributed by atoms with Crippen LogP contribution in [0.1, 0.15) is 6.42 Å². The highest BCUT2D eigenvalue weighted by Crippen LogP contribution is 2.32. The van der Waals surface area contributed by atoms with Gasteiger partial charge in [0.05, 0.1) is 11.8 Å². The number of carbonyl (C=O) groups is 1. The smallest absolute Gasteiger partial charge is 0.305 e. The van der Waals surface area contributed by atoms with Crippen LogP contribution in [0.3, 0.4) is 0 Å². The van der Waals surface area contributed by atoms with E-state index >= 15 is 0 Å². The van der Waals surface area contributed by atoms with Crippen molar-refractivity contribution in [2.24, 2.45) is 0 Å². The maximum Gasteiger partial charge on any atom is 0.305 e. The third-order valence-corrected chi connectivity index (χ3v) is 5.09. The fourth-order valence-electron chi connectivity index (χ4n) is 2.96. The highest BCUT2D eigenvalue weighted by molar-refractivity contribution is 7.17. The largest absolute Gasteiger partial charge is 0.481 e. The van der Waals surface area contributed by atoms with E-state index in [1.165, 1.54) is 15.9 Å². The van der Waals surface area contributed by atoms with Crippen LogP contribution in [-0.4, -0.2) is 25.6 Å². The average molecular weight is 377 g/mol. The fraction of sp³-hybridized carbons (Fsp3) is 0.100. The van der Waals surface area contributed by atoms with Gasteiger partial charge >= 0.3 is 5.97 Å². The standard InChI is InChI=1S/C20H15N3O3S/c24-16(25)9-11-23-18(15-8-4-5-10-21-15)22-19-17(20(23)26)14(12-27-19)13-6-2-1-3-7-13/h1-8,10,12H,9,11H2,(H,24,25). The molecule has 1 aromatic carbocycles. The van der Waals surface area contributed by atoms with E-state index in [1.54, 1.807) is 18.3 Å². The summed E-state index contributed by atoms with van der Waals surface area (Å²) in [6, 6.07) is 15.0.